The molecule has 0 radical (unpaired) electrons. The molecule has 3 atom stereocenters. The number of ether oxygens (including phenoxy) is 2. The third kappa shape index (κ3) is 4.19. The lowest BCUT2D eigenvalue weighted by molar-refractivity contribution is -0.148. The standard InChI is InChI=1S/C17H20O5S/c18-16(19)13(8-6-11-4-2-1-3-5-11)21-12-7-9-15-14(10-12)22-17(20)23-15/h4,7,9-10,13-15H,1-3,5-6,8H2,(H,18,19). The first-order valence-electron chi connectivity index (χ1n) is 7.96. The van der Waals surface area contributed by atoms with E-state index in [1.54, 1.807) is 12.2 Å². The summed E-state index contributed by atoms with van der Waals surface area (Å²) in [5.74, 6) is -0.498. The minimum absolute atomic E-state index is 0.0366. The van der Waals surface area contributed by atoms with Crippen molar-refractivity contribution in [3.05, 3.63) is 35.6 Å². The molecular formula is C17H20O5S. The van der Waals surface area contributed by atoms with E-state index in [0.717, 1.165) is 31.0 Å². The largest absolute Gasteiger partial charge is 0.479 e. The molecule has 124 valence electrons. The first-order chi connectivity index (χ1) is 11.1. The van der Waals surface area contributed by atoms with Crippen molar-refractivity contribution < 1.29 is 24.2 Å². The number of aliphatic carboxylic acids is 1. The van der Waals surface area contributed by atoms with E-state index in [1.165, 1.54) is 18.4 Å². The fraction of sp³-hybridized carbons (Fsp3) is 0.529. The summed E-state index contributed by atoms with van der Waals surface area (Å²) in [4.78, 5) is 22.7. The van der Waals surface area contributed by atoms with E-state index in [2.05, 4.69) is 6.08 Å². The van der Waals surface area contributed by atoms with Gasteiger partial charge in [0, 0.05) is 0 Å². The van der Waals surface area contributed by atoms with Gasteiger partial charge in [-0.2, -0.15) is 0 Å². The second kappa shape index (κ2) is 7.25. The van der Waals surface area contributed by atoms with Gasteiger partial charge in [-0.05, 0) is 62.4 Å². The Morgan fingerprint density at radius 3 is 3.09 bits per heavy atom. The second-order valence-electron chi connectivity index (χ2n) is 5.93. The van der Waals surface area contributed by atoms with Gasteiger partial charge in [0.25, 0.3) is 0 Å². The molecule has 1 aliphatic heterocycles. The van der Waals surface area contributed by atoms with Gasteiger partial charge >= 0.3 is 11.3 Å². The van der Waals surface area contributed by atoms with Crippen molar-refractivity contribution in [1.29, 1.82) is 0 Å². The van der Waals surface area contributed by atoms with Crippen molar-refractivity contribution >= 4 is 23.0 Å². The van der Waals surface area contributed by atoms with Crippen molar-refractivity contribution in [3.8, 4) is 0 Å². The number of hydrogen-bond acceptors (Lipinski definition) is 5. The van der Waals surface area contributed by atoms with Crippen LogP contribution in [0.2, 0.25) is 0 Å². The number of hydrogen-bond donors (Lipinski definition) is 1. The Kier molecular flexibility index (Phi) is 5.10. The molecule has 1 heterocycles. The molecule has 1 saturated heterocycles. The lowest BCUT2D eigenvalue weighted by atomic mass is 9.95. The maximum absolute atomic E-state index is 11.4. The average molecular weight is 336 g/mol. The third-order valence-corrected chi connectivity index (χ3v) is 5.22. The van der Waals surface area contributed by atoms with E-state index >= 15 is 0 Å². The van der Waals surface area contributed by atoms with Crippen LogP contribution in [0.15, 0.2) is 35.6 Å². The van der Waals surface area contributed by atoms with Crippen LogP contribution in [0, 0.1) is 0 Å². The van der Waals surface area contributed by atoms with Gasteiger partial charge < -0.3 is 14.6 Å². The van der Waals surface area contributed by atoms with Crippen molar-refractivity contribution in [2.24, 2.45) is 0 Å². The van der Waals surface area contributed by atoms with Crippen LogP contribution >= 0.6 is 11.8 Å². The molecule has 0 bridgehead atoms. The van der Waals surface area contributed by atoms with Crippen molar-refractivity contribution in [3.63, 3.8) is 0 Å². The molecule has 23 heavy (non-hydrogen) atoms. The Bertz CT molecular complexity index is 578. The van der Waals surface area contributed by atoms with Gasteiger partial charge in [0.2, 0.25) is 0 Å². The van der Waals surface area contributed by atoms with E-state index < -0.39 is 12.1 Å². The number of carbonyl (C=O) groups is 2. The van der Waals surface area contributed by atoms with E-state index in [1.807, 2.05) is 6.08 Å². The van der Waals surface area contributed by atoms with Crippen LogP contribution in [0.25, 0.3) is 0 Å². The summed E-state index contributed by atoms with van der Waals surface area (Å²) in [5, 5.41) is 9.04. The first-order valence-corrected chi connectivity index (χ1v) is 8.84. The highest BCUT2D eigenvalue weighted by molar-refractivity contribution is 8.14. The maximum atomic E-state index is 11.4. The van der Waals surface area contributed by atoms with Crippen LogP contribution in [0.1, 0.15) is 38.5 Å². The predicted octanol–water partition coefficient (Wildman–Crippen LogP) is 3.81. The molecule has 3 aliphatic rings. The zero-order valence-corrected chi connectivity index (χ0v) is 13.6. The van der Waals surface area contributed by atoms with Crippen LogP contribution < -0.4 is 0 Å². The average Bonchev–Trinajstić information content (AvgIpc) is 2.91. The molecule has 0 amide bonds. The summed E-state index contributed by atoms with van der Waals surface area (Å²) in [6.45, 7) is 0. The van der Waals surface area contributed by atoms with Gasteiger partial charge in [-0.1, -0.05) is 17.7 Å². The Hall–Kier alpha value is -1.69. The molecule has 3 unspecified atom stereocenters. The molecule has 1 N–H and O–H groups in total. The topological polar surface area (TPSA) is 72.8 Å². The fourth-order valence-corrected chi connectivity index (χ4v) is 3.81. The highest BCUT2D eigenvalue weighted by Crippen LogP contribution is 2.34. The van der Waals surface area contributed by atoms with Crippen LogP contribution in [0.3, 0.4) is 0 Å². The zero-order valence-electron chi connectivity index (χ0n) is 12.8. The molecule has 2 aliphatic carbocycles. The van der Waals surface area contributed by atoms with Gasteiger partial charge in [-0.15, -0.1) is 0 Å². The number of thioether (sulfide) groups is 1. The Balaban J connectivity index is 1.58. The number of carbonyl (C=O) groups excluding carboxylic acids is 1. The molecule has 3 rings (SSSR count). The fourth-order valence-electron chi connectivity index (χ4n) is 2.99. The normalized spacial score (nSPS) is 27.6. The summed E-state index contributed by atoms with van der Waals surface area (Å²) in [5.41, 5.74) is 1.33. The summed E-state index contributed by atoms with van der Waals surface area (Å²) in [6, 6.07) is 0. The molecule has 6 heteroatoms. The lowest BCUT2D eigenvalue weighted by Crippen LogP contribution is -2.26. The third-order valence-electron chi connectivity index (χ3n) is 4.23. The molecule has 0 aromatic heterocycles. The summed E-state index contributed by atoms with van der Waals surface area (Å²) in [6.07, 6.45) is 12.0. The first kappa shape index (κ1) is 16.2. The Morgan fingerprint density at radius 2 is 2.35 bits per heavy atom. The van der Waals surface area contributed by atoms with E-state index in [-0.39, 0.29) is 16.7 Å². The van der Waals surface area contributed by atoms with Gasteiger partial charge in [-0.25, -0.2) is 9.59 Å². The Morgan fingerprint density at radius 1 is 1.48 bits per heavy atom. The number of rotatable bonds is 6. The molecule has 0 saturated carbocycles. The highest BCUT2D eigenvalue weighted by atomic mass is 32.2. The smallest absolute Gasteiger partial charge is 0.368 e. The minimum Gasteiger partial charge on any atom is -0.479 e. The number of fused-ring (bicyclic) bond motifs is 1. The summed E-state index contributed by atoms with van der Waals surface area (Å²) in [7, 11) is 0. The monoisotopic (exact) mass is 336 g/mol. The molecule has 0 aromatic carbocycles. The molecule has 1 fully saturated rings. The van der Waals surface area contributed by atoms with Crippen LogP contribution in [-0.2, 0) is 14.3 Å². The van der Waals surface area contributed by atoms with Crippen molar-refractivity contribution in [2.75, 3.05) is 0 Å². The molecule has 0 aromatic rings. The predicted molar refractivity (Wildman–Crippen MR) is 87.2 cm³/mol. The SMILES string of the molecule is O=C1OC2C=C(OC(CCC3=CCCCC3)C(=O)O)C=CC2S1. The molecule has 0 spiro atoms. The summed E-state index contributed by atoms with van der Waals surface area (Å²) >= 11 is 1.13. The van der Waals surface area contributed by atoms with Gasteiger partial charge in [0.15, 0.2) is 6.10 Å². The van der Waals surface area contributed by atoms with E-state index in [4.69, 9.17) is 9.47 Å². The van der Waals surface area contributed by atoms with E-state index in [0.29, 0.717) is 12.2 Å². The second-order valence-corrected chi connectivity index (χ2v) is 7.05. The van der Waals surface area contributed by atoms with Crippen molar-refractivity contribution in [2.45, 2.75) is 56.0 Å². The van der Waals surface area contributed by atoms with Crippen LogP contribution in [-0.4, -0.2) is 33.8 Å². The molecule has 5 nitrogen and oxygen atoms in total. The maximum Gasteiger partial charge on any atom is 0.368 e. The lowest BCUT2D eigenvalue weighted by Gasteiger charge is -2.21. The molecular weight excluding hydrogens is 316 g/mol. The van der Waals surface area contributed by atoms with Crippen LogP contribution in [0.4, 0.5) is 4.79 Å². The summed E-state index contributed by atoms with van der Waals surface area (Å²) < 4.78 is 10.8. The van der Waals surface area contributed by atoms with Crippen molar-refractivity contribution in [1.82, 2.24) is 0 Å². The Labute approximate surface area is 139 Å². The zero-order chi connectivity index (χ0) is 16.2. The van der Waals surface area contributed by atoms with E-state index in [9.17, 15) is 14.7 Å². The van der Waals surface area contributed by atoms with Gasteiger partial charge in [0.05, 0.1) is 5.25 Å². The minimum atomic E-state index is -0.962. The van der Waals surface area contributed by atoms with Gasteiger partial charge in [-0.3, -0.25) is 0 Å². The number of carboxylic acids is 1. The van der Waals surface area contributed by atoms with Crippen LogP contribution in [0.5, 0.6) is 0 Å². The number of allylic oxidation sites excluding steroid dienone is 3. The highest BCUT2D eigenvalue weighted by Gasteiger charge is 2.35. The van der Waals surface area contributed by atoms with Gasteiger partial charge in [0.1, 0.15) is 11.9 Å². The quantitative estimate of drug-likeness (QED) is 0.587. The number of carboxylic acid groups (broad SMARTS) is 1.